The van der Waals surface area contributed by atoms with Crippen LogP contribution in [0.25, 0.3) is 0 Å². The molecule has 2 heteroatoms. The highest BCUT2D eigenvalue weighted by Crippen LogP contribution is 2.34. The van der Waals surface area contributed by atoms with Crippen LogP contribution in [0.3, 0.4) is 0 Å². The predicted molar refractivity (Wildman–Crippen MR) is 72.9 cm³/mol. The Balaban J connectivity index is 2.47. The number of Topliss-reactive ketones (excluding diaryl/α,β-unsaturated/α-hetero) is 1. The van der Waals surface area contributed by atoms with Crippen LogP contribution in [0.5, 0.6) is 5.75 Å². The van der Waals surface area contributed by atoms with Crippen molar-refractivity contribution in [3.8, 4) is 5.75 Å². The van der Waals surface area contributed by atoms with Crippen LogP contribution in [0.4, 0.5) is 0 Å². The summed E-state index contributed by atoms with van der Waals surface area (Å²) >= 11 is 0. The van der Waals surface area contributed by atoms with E-state index in [2.05, 4.69) is 0 Å². The van der Waals surface area contributed by atoms with Crippen LogP contribution >= 0.6 is 0 Å². The highest BCUT2D eigenvalue weighted by Gasteiger charge is 2.35. The molecule has 0 saturated heterocycles. The van der Waals surface area contributed by atoms with E-state index in [9.17, 15) is 4.79 Å². The summed E-state index contributed by atoms with van der Waals surface area (Å²) in [7, 11) is 1.64. The molecule has 1 atom stereocenters. The van der Waals surface area contributed by atoms with Crippen LogP contribution in [-0.4, -0.2) is 12.9 Å². The number of rotatable bonds is 2. The zero-order chi connectivity index (χ0) is 13.3. The third-order valence-electron chi connectivity index (χ3n) is 3.48. The third kappa shape index (κ3) is 1.99. The van der Waals surface area contributed by atoms with Gasteiger partial charge in [-0.1, -0.05) is 29.9 Å². The van der Waals surface area contributed by atoms with Crippen LogP contribution in [0.1, 0.15) is 26.3 Å². The summed E-state index contributed by atoms with van der Waals surface area (Å²) in [5.74, 6) is 0.969. The number of benzene rings is 1. The van der Waals surface area contributed by atoms with Gasteiger partial charge in [0, 0.05) is 0 Å². The van der Waals surface area contributed by atoms with Gasteiger partial charge in [0.1, 0.15) is 5.75 Å². The van der Waals surface area contributed by atoms with Crippen molar-refractivity contribution in [3.05, 3.63) is 53.1 Å². The van der Waals surface area contributed by atoms with Gasteiger partial charge in [-0.25, -0.2) is 0 Å². The van der Waals surface area contributed by atoms with Crippen molar-refractivity contribution in [2.75, 3.05) is 7.11 Å². The largest absolute Gasteiger partial charge is 0.497 e. The van der Waals surface area contributed by atoms with Gasteiger partial charge in [0.05, 0.1) is 12.5 Å². The summed E-state index contributed by atoms with van der Waals surface area (Å²) in [5, 5.41) is 0. The molecular weight excluding hydrogens is 224 g/mol. The van der Waals surface area contributed by atoms with E-state index >= 15 is 0 Å². The maximum atomic E-state index is 12.4. The normalized spacial score (nSPS) is 23.4. The maximum Gasteiger partial charge on any atom is 0.172 e. The lowest BCUT2D eigenvalue weighted by molar-refractivity contribution is -0.119. The minimum atomic E-state index is -0.560. The molecule has 1 aliphatic carbocycles. The fourth-order valence-electron chi connectivity index (χ4n) is 2.53. The number of methoxy groups -OCH3 is 1. The summed E-state index contributed by atoms with van der Waals surface area (Å²) in [6, 6.07) is 7.70. The third-order valence-corrected chi connectivity index (χ3v) is 3.48. The Morgan fingerprint density at radius 3 is 2.28 bits per heavy atom. The van der Waals surface area contributed by atoms with E-state index in [1.807, 2.05) is 57.2 Å². The van der Waals surface area contributed by atoms with Crippen molar-refractivity contribution in [3.63, 3.8) is 0 Å². The Bertz CT molecular complexity index is 535. The Morgan fingerprint density at radius 2 is 1.72 bits per heavy atom. The average Bonchev–Trinajstić information content (AvgIpc) is 2.36. The van der Waals surface area contributed by atoms with Crippen molar-refractivity contribution in [1.29, 1.82) is 0 Å². The van der Waals surface area contributed by atoms with Gasteiger partial charge in [0.25, 0.3) is 0 Å². The Morgan fingerprint density at radius 1 is 1.11 bits per heavy atom. The Kier molecular flexibility index (Phi) is 3.12. The highest BCUT2D eigenvalue weighted by molar-refractivity contribution is 6.06. The second kappa shape index (κ2) is 4.45. The first-order chi connectivity index (χ1) is 8.47. The molecule has 0 saturated carbocycles. The number of carbonyl (C=O) groups excluding carboxylic acids is 1. The molecule has 0 fully saturated rings. The maximum absolute atomic E-state index is 12.4. The molecule has 0 unspecified atom stereocenters. The molecule has 2 rings (SSSR count). The molecule has 0 N–H and O–H groups in total. The standard InChI is InChI=1S/C16H18O2/c1-11-9-12(2)15(17)16(3,10-11)13-5-7-14(18-4)8-6-13/h5-10H,1-4H3/t16-/m1/s1. The molecule has 94 valence electrons. The monoisotopic (exact) mass is 242 g/mol. The van der Waals surface area contributed by atoms with Gasteiger partial charge in [-0.3, -0.25) is 4.79 Å². The molecule has 2 nitrogen and oxygen atoms in total. The molecule has 0 radical (unpaired) electrons. The molecule has 1 aliphatic rings. The number of allylic oxidation sites excluding steroid dienone is 4. The van der Waals surface area contributed by atoms with E-state index in [1.54, 1.807) is 7.11 Å². The van der Waals surface area contributed by atoms with E-state index in [0.717, 1.165) is 22.5 Å². The lowest BCUT2D eigenvalue weighted by Crippen LogP contribution is -2.33. The van der Waals surface area contributed by atoms with Crippen molar-refractivity contribution < 1.29 is 9.53 Å². The predicted octanol–water partition coefficient (Wildman–Crippen LogP) is 3.43. The second-order valence-electron chi connectivity index (χ2n) is 4.98. The minimum absolute atomic E-state index is 0.165. The average molecular weight is 242 g/mol. The van der Waals surface area contributed by atoms with Gasteiger partial charge < -0.3 is 4.74 Å². The summed E-state index contributed by atoms with van der Waals surface area (Å²) in [4.78, 5) is 12.4. The van der Waals surface area contributed by atoms with E-state index in [0.29, 0.717) is 0 Å². The van der Waals surface area contributed by atoms with Crippen LogP contribution < -0.4 is 4.74 Å². The number of hydrogen-bond donors (Lipinski definition) is 0. The fraction of sp³-hybridized carbons (Fsp3) is 0.312. The smallest absolute Gasteiger partial charge is 0.172 e. The molecule has 0 spiro atoms. The summed E-state index contributed by atoms with van der Waals surface area (Å²) < 4.78 is 5.15. The van der Waals surface area contributed by atoms with Crippen LogP contribution in [0, 0.1) is 0 Å². The van der Waals surface area contributed by atoms with Crippen molar-refractivity contribution >= 4 is 5.78 Å². The number of ether oxygens (including phenoxy) is 1. The zero-order valence-electron chi connectivity index (χ0n) is 11.3. The van der Waals surface area contributed by atoms with Gasteiger partial charge in [-0.2, -0.15) is 0 Å². The van der Waals surface area contributed by atoms with Crippen molar-refractivity contribution in [2.45, 2.75) is 26.2 Å². The second-order valence-corrected chi connectivity index (χ2v) is 4.98. The summed E-state index contributed by atoms with van der Waals surface area (Å²) in [6.45, 7) is 5.87. The summed E-state index contributed by atoms with van der Waals surface area (Å²) in [6.07, 6.45) is 3.97. The van der Waals surface area contributed by atoms with E-state index in [-0.39, 0.29) is 5.78 Å². The number of carbonyl (C=O) groups is 1. The molecular formula is C16H18O2. The SMILES string of the molecule is COc1ccc([C@@]2(C)C=C(C)C=C(C)C2=O)cc1. The molecule has 0 heterocycles. The highest BCUT2D eigenvalue weighted by atomic mass is 16.5. The molecule has 18 heavy (non-hydrogen) atoms. The first-order valence-electron chi connectivity index (χ1n) is 6.04. The minimum Gasteiger partial charge on any atom is -0.497 e. The van der Waals surface area contributed by atoms with Crippen LogP contribution in [-0.2, 0) is 10.2 Å². The summed E-state index contributed by atoms with van der Waals surface area (Å²) in [5.41, 5.74) is 2.38. The van der Waals surface area contributed by atoms with Crippen molar-refractivity contribution in [2.24, 2.45) is 0 Å². The zero-order valence-corrected chi connectivity index (χ0v) is 11.3. The van der Waals surface area contributed by atoms with Crippen LogP contribution in [0.15, 0.2) is 47.6 Å². The fourth-order valence-corrected chi connectivity index (χ4v) is 2.53. The van der Waals surface area contributed by atoms with Gasteiger partial charge >= 0.3 is 0 Å². The van der Waals surface area contributed by atoms with Crippen molar-refractivity contribution in [1.82, 2.24) is 0 Å². The lowest BCUT2D eigenvalue weighted by atomic mass is 9.72. The van der Waals surface area contributed by atoms with Gasteiger partial charge in [0.15, 0.2) is 5.78 Å². The van der Waals surface area contributed by atoms with E-state index < -0.39 is 5.41 Å². The van der Waals surface area contributed by atoms with Gasteiger partial charge in [0.2, 0.25) is 0 Å². The quantitative estimate of drug-likeness (QED) is 0.794. The Labute approximate surface area is 108 Å². The number of hydrogen-bond acceptors (Lipinski definition) is 2. The first-order valence-corrected chi connectivity index (χ1v) is 6.04. The molecule has 1 aromatic carbocycles. The molecule has 0 aliphatic heterocycles. The van der Waals surface area contributed by atoms with E-state index in [4.69, 9.17) is 4.74 Å². The Hall–Kier alpha value is -1.83. The van der Waals surface area contributed by atoms with Crippen LogP contribution in [0.2, 0.25) is 0 Å². The molecule has 0 amide bonds. The topological polar surface area (TPSA) is 26.3 Å². The molecule has 0 bridgehead atoms. The number of ketones is 1. The van der Waals surface area contributed by atoms with Gasteiger partial charge in [-0.15, -0.1) is 0 Å². The molecule has 1 aromatic rings. The first kappa shape index (κ1) is 12.6. The van der Waals surface area contributed by atoms with Gasteiger partial charge in [-0.05, 0) is 44.0 Å². The lowest BCUT2D eigenvalue weighted by Gasteiger charge is -2.29. The van der Waals surface area contributed by atoms with E-state index in [1.165, 1.54) is 0 Å². The molecule has 0 aromatic heterocycles.